The van der Waals surface area contributed by atoms with Gasteiger partial charge in [-0.2, -0.15) is 0 Å². The molecule has 0 aliphatic carbocycles. The van der Waals surface area contributed by atoms with Gasteiger partial charge < -0.3 is 19.3 Å². The van der Waals surface area contributed by atoms with Crippen LogP contribution in [0.3, 0.4) is 0 Å². The average Bonchev–Trinajstić information content (AvgIpc) is 3.19. The minimum absolute atomic E-state index is 0.0724. The molecule has 0 radical (unpaired) electrons. The number of cyclic esters (lactones) is 1. The number of nitrogens with zero attached hydrogens (tertiary/aromatic N) is 4. The Bertz CT molecular complexity index is 1100. The molecule has 2 aliphatic heterocycles. The minimum atomic E-state index is -0.714. The van der Waals surface area contributed by atoms with Crippen LogP contribution in [-0.4, -0.2) is 73.9 Å². The first kappa shape index (κ1) is 24.8. The van der Waals surface area contributed by atoms with Crippen LogP contribution in [0, 0.1) is 5.82 Å². The van der Waals surface area contributed by atoms with Crippen LogP contribution in [0.15, 0.2) is 24.3 Å². The van der Waals surface area contributed by atoms with E-state index < -0.39 is 17.8 Å². The molecule has 182 valence electrons. The first-order chi connectivity index (χ1) is 16.3. The molecule has 2 aliphatic rings. The lowest BCUT2D eigenvalue weighted by molar-refractivity contribution is 0.0741. The first-order valence-electron chi connectivity index (χ1n) is 10.7. The normalized spacial score (nSPS) is 18.4. The maximum absolute atomic E-state index is 15.0. The summed E-state index contributed by atoms with van der Waals surface area (Å²) in [6, 6.07) is 5.27. The molecule has 1 atom stereocenters. The monoisotopic (exact) mass is 530 g/mol. The molecule has 8 nitrogen and oxygen atoms in total. The topological polar surface area (TPSA) is 75.2 Å². The van der Waals surface area contributed by atoms with Crippen LogP contribution in [0.5, 0.6) is 0 Å². The number of benzene rings is 1. The van der Waals surface area contributed by atoms with E-state index in [1.54, 1.807) is 4.90 Å². The summed E-state index contributed by atoms with van der Waals surface area (Å²) in [5, 5.41) is 0.764. The molecule has 0 spiro atoms. The Hall–Kier alpha value is -2.33. The minimum Gasteiger partial charge on any atom is -0.447 e. The fraction of sp³-hybridized carbons (Fsp3) is 0.409. The summed E-state index contributed by atoms with van der Waals surface area (Å²) < 4.78 is 25.4. The van der Waals surface area contributed by atoms with Gasteiger partial charge in [0.1, 0.15) is 23.4 Å². The summed E-state index contributed by atoms with van der Waals surface area (Å²) in [5.74, 6) is -0.668. The number of carbonyl (C=O) groups is 2. The third kappa shape index (κ3) is 5.02. The highest BCUT2D eigenvalue weighted by Gasteiger charge is 2.35. The molecule has 2 aromatic rings. The number of piperazine rings is 1. The lowest BCUT2D eigenvalue weighted by Crippen LogP contribution is -2.49. The Labute approximate surface area is 211 Å². The number of hydrogen-bond donors (Lipinski definition) is 0. The predicted octanol–water partition coefficient (Wildman–Crippen LogP) is 4.51. The second-order valence-electron chi connectivity index (χ2n) is 7.77. The maximum Gasteiger partial charge on any atom is 0.414 e. The van der Waals surface area contributed by atoms with E-state index in [4.69, 9.17) is 44.3 Å². The standard InChI is InChI=1S/C22H22Cl3FN4O4/c1-2-33-11-14-12-34-22(32)30(14)13-3-4-15(18(26)9-13)21(31)29-7-5-28(6-8-29)20-17(24)10-16(23)19(25)27-20/h3-4,9-10,14H,2,5-8,11-12H2,1H3. The summed E-state index contributed by atoms with van der Waals surface area (Å²) in [5.41, 5.74) is 0.239. The number of ether oxygens (including phenoxy) is 2. The van der Waals surface area contributed by atoms with Crippen molar-refractivity contribution in [1.29, 1.82) is 0 Å². The zero-order valence-corrected chi connectivity index (χ0v) is 20.5. The maximum atomic E-state index is 15.0. The molecule has 34 heavy (non-hydrogen) atoms. The highest BCUT2D eigenvalue weighted by molar-refractivity contribution is 6.42. The number of pyridine rings is 1. The highest BCUT2D eigenvalue weighted by atomic mass is 35.5. The van der Waals surface area contributed by atoms with E-state index in [1.807, 2.05) is 11.8 Å². The molecule has 0 N–H and O–H groups in total. The molecule has 3 heterocycles. The SMILES string of the molecule is CCOCC1COC(=O)N1c1ccc(C(=O)N2CCN(c3nc(Cl)c(Cl)cc3Cl)CC2)c(F)c1. The summed E-state index contributed by atoms with van der Waals surface area (Å²) in [7, 11) is 0. The van der Waals surface area contributed by atoms with Crippen LogP contribution < -0.4 is 9.80 Å². The average molecular weight is 532 g/mol. The molecule has 2 amide bonds. The molecular formula is C22H22Cl3FN4O4. The van der Waals surface area contributed by atoms with E-state index >= 15 is 0 Å². The number of aromatic nitrogens is 1. The van der Waals surface area contributed by atoms with Crippen molar-refractivity contribution in [2.24, 2.45) is 0 Å². The van der Waals surface area contributed by atoms with E-state index in [2.05, 4.69) is 4.98 Å². The molecule has 1 aromatic heterocycles. The van der Waals surface area contributed by atoms with Crippen molar-refractivity contribution >= 4 is 58.3 Å². The third-order valence-electron chi connectivity index (χ3n) is 5.67. The van der Waals surface area contributed by atoms with Crippen LogP contribution in [0.4, 0.5) is 20.7 Å². The van der Waals surface area contributed by atoms with Crippen molar-refractivity contribution in [3.05, 3.63) is 50.8 Å². The fourth-order valence-corrected chi connectivity index (χ4v) is 4.54. The molecule has 12 heteroatoms. The van der Waals surface area contributed by atoms with Gasteiger partial charge in [-0.25, -0.2) is 14.2 Å². The van der Waals surface area contributed by atoms with E-state index in [0.717, 1.165) is 0 Å². The van der Waals surface area contributed by atoms with Gasteiger partial charge in [-0.05, 0) is 31.2 Å². The largest absolute Gasteiger partial charge is 0.447 e. The van der Waals surface area contributed by atoms with Crippen LogP contribution in [0.25, 0.3) is 0 Å². The molecule has 2 saturated heterocycles. The van der Waals surface area contributed by atoms with E-state index in [1.165, 1.54) is 29.2 Å². The third-order valence-corrected chi connectivity index (χ3v) is 6.62. The van der Waals surface area contributed by atoms with Crippen LogP contribution >= 0.6 is 34.8 Å². The number of anilines is 2. The molecule has 4 rings (SSSR count). The number of hydrogen-bond acceptors (Lipinski definition) is 6. The Morgan fingerprint density at radius 3 is 2.59 bits per heavy atom. The van der Waals surface area contributed by atoms with Crippen molar-refractivity contribution in [3.8, 4) is 0 Å². The predicted molar refractivity (Wildman–Crippen MR) is 128 cm³/mol. The summed E-state index contributed by atoms with van der Waals surface area (Å²) in [4.78, 5) is 34.2. The molecule has 2 fully saturated rings. The Balaban J connectivity index is 1.44. The highest BCUT2D eigenvalue weighted by Crippen LogP contribution is 2.32. The van der Waals surface area contributed by atoms with Gasteiger partial charge in [-0.15, -0.1) is 0 Å². The Morgan fingerprint density at radius 1 is 1.18 bits per heavy atom. The Kier molecular flexibility index (Phi) is 7.67. The van der Waals surface area contributed by atoms with E-state index in [9.17, 15) is 14.0 Å². The van der Waals surface area contributed by atoms with Crippen molar-refractivity contribution in [2.75, 3.05) is 55.8 Å². The van der Waals surface area contributed by atoms with Gasteiger partial charge in [0, 0.05) is 32.8 Å². The van der Waals surface area contributed by atoms with Crippen LogP contribution in [-0.2, 0) is 9.47 Å². The zero-order chi connectivity index (χ0) is 24.4. The van der Waals surface area contributed by atoms with E-state index in [0.29, 0.717) is 49.3 Å². The summed E-state index contributed by atoms with van der Waals surface area (Å²) >= 11 is 18.2. The molecule has 0 bridgehead atoms. The molecular weight excluding hydrogens is 510 g/mol. The van der Waals surface area contributed by atoms with E-state index in [-0.39, 0.29) is 35.0 Å². The second kappa shape index (κ2) is 10.5. The number of carbonyl (C=O) groups excluding carboxylic acids is 2. The van der Waals surface area contributed by atoms with Gasteiger partial charge in [-0.1, -0.05) is 34.8 Å². The number of halogens is 4. The van der Waals surface area contributed by atoms with Gasteiger partial charge in [0.05, 0.1) is 33.9 Å². The van der Waals surface area contributed by atoms with Crippen molar-refractivity contribution in [2.45, 2.75) is 13.0 Å². The van der Waals surface area contributed by atoms with Gasteiger partial charge >= 0.3 is 6.09 Å². The summed E-state index contributed by atoms with van der Waals surface area (Å²) in [6.07, 6.45) is -0.575. The van der Waals surface area contributed by atoms with Crippen molar-refractivity contribution < 1.29 is 23.5 Å². The quantitative estimate of drug-likeness (QED) is 0.511. The number of amides is 2. The van der Waals surface area contributed by atoms with Crippen molar-refractivity contribution in [3.63, 3.8) is 0 Å². The van der Waals surface area contributed by atoms with Gasteiger partial charge in [0.25, 0.3) is 5.91 Å². The van der Waals surface area contributed by atoms with Gasteiger partial charge in [-0.3, -0.25) is 9.69 Å². The lowest BCUT2D eigenvalue weighted by Gasteiger charge is -2.36. The van der Waals surface area contributed by atoms with Gasteiger partial charge in [0.15, 0.2) is 0 Å². The fourth-order valence-electron chi connectivity index (χ4n) is 3.93. The molecule has 1 aromatic carbocycles. The summed E-state index contributed by atoms with van der Waals surface area (Å²) in [6.45, 7) is 4.32. The van der Waals surface area contributed by atoms with Crippen LogP contribution in [0.1, 0.15) is 17.3 Å². The van der Waals surface area contributed by atoms with Crippen molar-refractivity contribution in [1.82, 2.24) is 9.88 Å². The lowest BCUT2D eigenvalue weighted by atomic mass is 10.1. The van der Waals surface area contributed by atoms with Gasteiger partial charge in [0.2, 0.25) is 0 Å². The smallest absolute Gasteiger partial charge is 0.414 e. The second-order valence-corrected chi connectivity index (χ2v) is 8.94. The first-order valence-corrected chi connectivity index (χ1v) is 11.8. The molecule has 0 saturated carbocycles. The molecule has 1 unspecified atom stereocenters. The number of rotatable bonds is 6. The Morgan fingerprint density at radius 2 is 1.91 bits per heavy atom. The van der Waals surface area contributed by atoms with Crippen LogP contribution in [0.2, 0.25) is 15.2 Å². The zero-order valence-electron chi connectivity index (χ0n) is 18.3.